The molecule has 0 unspecified atom stereocenters. The molecule has 0 saturated carbocycles. The van der Waals surface area contributed by atoms with E-state index in [1.165, 1.54) is 17.0 Å². The second-order valence-corrected chi connectivity index (χ2v) is 9.63. The highest BCUT2D eigenvalue weighted by atomic mass is 32.2. The Morgan fingerprint density at radius 3 is 2.21 bits per heavy atom. The van der Waals surface area contributed by atoms with Gasteiger partial charge in [-0.15, -0.1) is 0 Å². The second kappa shape index (κ2) is 8.34. The highest BCUT2D eigenvalue weighted by Crippen LogP contribution is 2.25. The van der Waals surface area contributed by atoms with E-state index in [9.17, 15) is 18.0 Å². The highest BCUT2D eigenvalue weighted by molar-refractivity contribution is 7.89. The second-order valence-electron chi connectivity index (χ2n) is 8.07. The summed E-state index contributed by atoms with van der Waals surface area (Å²) >= 11 is 0. The van der Waals surface area contributed by atoms with E-state index < -0.39 is 16.1 Å². The molecule has 3 amide bonds. The number of hydrogen-bond acceptors (Lipinski definition) is 4. The van der Waals surface area contributed by atoms with Crippen LogP contribution in [0.2, 0.25) is 0 Å². The van der Waals surface area contributed by atoms with Crippen LogP contribution in [-0.4, -0.2) is 29.8 Å². The molecule has 1 aliphatic heterocycles. The van der Waals surface area contributed by atoms with Crippen molar-refractivity contribution in [2.75, 3.05) is 0 Å². The topological polar surface area (TPSA) is 114 Å². The molecule has 1 fully saturated rings. The van der Waals surface area contributed by atoms with Gasteiger partial charge in [-0.1, -0.05) is 29.8 Å². The molecule has 2 aromatic carbocycles. The van der Waals surface area contributed by atoms with Crippen molar-refractivity contribution >= 4 is 28.0 Å². The number of sulfonamides is 1. The number of carbonyl (C=O) groups is 2. The van der Waals surface area contributed by atoms with Crippen LogP contribution in [0.1, 0.15) is 28.1 Å². The molecule has 1 saturated heterocycles. The van der Waals surface area contributed by atoms with Crippen molar-refractivity contribution in [3.63, 3.8) is 0 Å². The normalized spacial score (nSPS) is 15.4. The Morgan fingerprint density at radius 2 is 1.61 bits per heavy atom. The zero-order chi connectivity index (χ0) is 23.9. The number of aryl methyl sites for hydroxylation is 2. The monoisotopic (exact) mass is 464 g/mol. The molecule has 8 nitrogen and oxygen atoms in total. The van der Waals surface area contributed by atoms with Crippen LogP contribution in [0.15, 0.2) is 65.2 Å². The molecule has 1 aliphatic rings. The summed E-state index contributed by atoms with van der Waals surface area (Å²) in [7, 11) is -3.78. The number of nitrogens with zero attached hydrogens (tertiary/aromatic N) is 2. The number of hydrogen-bond donors (Lipinski definition) is 2. The van der Waals surface area contributed by atoms with Gasteiger partial charge in [-0.3, -0.25) is 9.69 Å². The van der Waals surface area contributed by atoms with Crippen LogP contribution in [0.5, 0.6) is 0 Å². The standard InChI is InChI=1S/C24H24N4O4S/c1-15-4-6-18(7-5-15)14-27-23(29)22(26-24(27)30)13-19-12-16(2)28(17(19)3)20-8-10-21(11-9-20)33(25,31)32/h4-13H,14H2,1-3H3,(H,26,30)(H2,25,31,32)/b22-13+. The molecule has 170 valence electrons. The number of benzene rings is 2. The van der Waals surface area contributed by atoms with Crippen LogP contribution in [0.4, 0.5) is 4.79 Å². The fourth-order valence-electron chi connectivity index (χ4n) is 3.86. The summed E-state index contributed by atoms with van der Waals surface area (Å²) in [6, 6.07) is 15.3. The minimum atomic E-state index is -3.78. The van der Waals surface area contributed by atoms with Crippen molar-refractivity contribution in [3.05, 3.63) is 88.4 Å². The van der Waals surface area contributed by atoms with Crippen molar-refractivity contribution < 1.29 is 18.0 Å². The number of imide groups is 1. The SMILES string of the molecule is Cc1ccc(CN2C(=O)N/C(=C/c3cc(C)n(-c4ccc(S(N)(=O)=O)cc4)c3C)C2=O)cc1. The number of primary sulfonamides is 1. The third kappa shape index (κ3) is 4.46. The van der Waals surface area contributed by atoms with Gasteiger partial charge >= 0.3 is 6.03 Å². The molecular weight excluding hydrogens is 440 g/mol. The van der Waals surface area contributed by atoms with Gasteiger partial charge in [-0.25, -0.2) is 18.4 Å². The molecule has 0 bridgehead atoms. The van der Waals surface area contributed by atoms with Crippen LogP contribution >= 0.6 is 0 Å². The van der Waals surface area contributed by atoms with Gasteiger partial charge in [0.15, 0.2) is 0 Å². The Balaban J connectivity index is 1.61. The summed E-state index contributed by atoms with van der Waals surface area (Å²) in [5.41, 5.74) is 5.42. The summed E-state index contributed by atoms with van der Waals surface area (Å²) in [4.78, 5) is 26.5. The summed E-state index contributed by atoms with van der Waals surface area (Å²) in [5.74, 6) is -0.386. The van der Waals surface area contributed by atoms with Gasteiger partial charge in [-0.2, -0.15) is 0 Å². The quantitative estimate of drug-likeness (QED) is 0.446. The van der Waals surface area contributed by atoms with Crippen LogP contribution in [0, 0.1) is 20.8 Å². The average Bonchev–Trinajstić information content (AvgIpc) is 3.18. The third-order valence-corrected chi connectivity index (χ3v) is 6.55. The molecule has 4 rings (SSSR count). The Kier molecular flexibility index (Phi) is 5.69. The predicted octanol–water partition coefficient (Wildman–Crippen LogP) is 3.14. The number of nitrogens with two attached hydrogens (primary N) is 1. The fourth-order valence-corrected chi connectivity index (χ4v) is 4.38. The van der Waals surface area contributed by atoms with E-state index in [2.05, 4.69) is 5.32 Å². The van der Waals surface area contributed by atoms with Crippen LogP contribution in [-0.2, 0) is 21.4 Å². The average molecular weight is 465 g/mol. The van der Waals surface area contributed by atoms with Crippen molar-refractivity contribution in [1.82, 2.24) is 14.8 Å². The number of nitrogens with one attached hydrogen (secondary N) is 1. The van der Waals surface area contributed by atoms with Crippen molar-refractivity contribution in [2.24, 2.45) is 5.14 Å². The van der Waals surface area contributed by atoms with E-state index in [0.29, 0.717) is 0 Å². The van der Waals surface area contributed by atoms with Gasteiger partial charge in [0.25, 0.3) is 5.91 Å². The molecule has 3 aromatic rings. The lowest BCUT2D eigenvalue weighted by atomic mass is 10.1. The molecule has 3 N–H and O–H groups in total. The maximum Gasteiger partial charge on any atom is 0.329 e. The van der Waals surface area contributed by atoms with E-state index in [4.69, 9.17) is 5.14 Å². The van der Waals surface area contributed by atoms with E-state index in [0.717, 1.165) is 33.8 Å². The largest absolute Gasteiger partial charge is 0.329 e. The predicted molar refractivity (Wildman–Crippen MR) is 125 cm³/mol. The molecule has 9 heteroatoms. The highest BCUT2D eigenvalue weighted by Gasteiger charge is 2.33. The molecule has 0 aliphatic carbocycles. The zero-order valence-corrected chi connectivity index (χ0v) is 19.3. The first-order valence-electron chi connectivity index (χ1n) is 10.3. The Hall–Kier alpha value is -3.69. The summed E-state index contributed by atoms with van der Waals surface area (Å²) in [5, 5.41) is 7.84. The molecule has 0 spiro atoms. The summed E-state index contributed by atoms with van der Waals surface area (Å²) in [6.07, 6.45) is 1.66. The zero-order valence-electron chi connectivity index (χ0n) is 18.5. The summed E-state index contributed by atoms with van der Waals surface area (Å²) in [6.45, 7) is 5.96. The molecular formula is C24H24N4O4S. The van der Waals surface area contributed by atoms with Gasteiger partial charge in [0.1, 0.15) is 5.70 Å². The first kappa shape index (κ1) is 22.5. The number of amides is 3. The van der Waals surface area contributed by atoms with E-state index in [-0.39, 0.29) is 23.0 Å². The van der Waals surface area contributed by atoms with Crippen LogP contribution in [0.25, 0.3) is 11.8 Å². The van der Waals surface area contributed by atoms with E-state index in [1.807, 2.05) is 55.7 Å². The first-order valence-corrected chi connectivity index (χ1v) is 11.8. The van der Waals surface area contributed by atoms with Gasteiger partial charge in [0.05, 0.1) is 11.4 Å². The van der Waals surface area contributed by atoms with E-state index in [1.54, 1.807) is 18.2 Å². The maximum absolute atomic E-state index is 12.9. The molecule has 2 heterocycles. The molecule has 0 radical (unpaired) electrons. The van der Waals surface area contributed by atoms with Crippen molar-refractivity contribution in [1.29, 1.82) is 0 Å². The Bertz CT molecular complexity index is 1390. The van der Waals surface area contributed by atoms with Gasteiger partial charge in [0.2, 0.25) is 10.0 Å². The minimum absolute atomic E-state index is 0.0315. The van der Waals surface area contributed by atoms with Crippen molar-refractivity contribution in [2.45, 2.75) is 32.2 Å². The van der Waals surface area contributed by atoms with Crippen LogP contribution in [0.3, 0.4) is 0 Å². The van der Waals surface area contributed by atoms with Crippen molar-refractivity contribution in [3.8, 4) is 5.69 Å². The lowest BCUT2D eigenvalue weighted by molar-refractivity contribution is -0.123. The van der Waals surface area contributed by atoms with Gasteiger partial charge in [-0.05, 0) is 68.3 Å². The van der Waals surface area contributed by atoms with Crippen LogP contribution < -0.4 is 10.5 Å². The number of urea groups is 1. The lowest BCUT2D eigenvalue weighted by Gasteiger charge is -2.12. The molecule has 1 aromatic heterocycles. The Morgan fingerprint density at radius 1 is 0.970 bits per heavy atom. The fraction of sp³-hybridized carbons (Fsp3) is 0.167. The van der Waals surface area contributed by atoms with Gasteiger partial charge < -0.3 is 9.88 Å². The minimum Gasteiger partial charge on any atom is -0.318 e. The Labute approximate surface area is 192 Å². The maximum atomic E-state index is 12.9. The third-order valence-electron chi connectivity index (χ3n) is 5.62. The lowest BCUT2D eigenvalue weighted by Crippen LogP contribution is -2.30. The number of rotatable bonds is 5. The summed E-state index contributed by atoms with van der Waals surface area (Å²) < 4.78 is 25.0. The van der Waals surface area contributed by atoms with E-state index >= 15 is 0 Å². The smallest absolute Gasteiger partial charge is 0.318 e. The molecule has 33 heavy (non-hydrogen) atoms. The molecule has 0 atom stereocenters. The first-order chi connectivity index (χ1) is 15.5. The number of carbonyl (C=O) groups excluding carboxylic acids is 2. The van der Waals surface area contributed by atoms with Gasteiger partial charge in [0, 0.05) is 17.1 Å². The number of aromatic nitrogens is 1.